The van der Waals surface area contributed by atoms with Crippen molar-refractivity contribution in [2.45, 2.75) is 25.9 Å². The fraction of sp³-hybridized carbons (Fsp3) is 0.263. The van der Waals surface area contributed by atoms with E-state index in [1.165, 1.54) is 0 Å². The summed E-state index contributed by atoms with van der Waals surface area (Å²) < 4.78 is 2.00. The molecule has 3 N–H and O–H groups in total. The fourth-order valence-corrected chi connectivity index (χ4v) is 2.84. The predicted octanol–water partition coefficient (Wildman–Crippen LogP) is 2.76. The van der Waals surface area contributed by atoms with Gasteiger partial charge in [-0.25, -0.2) is 4.98 Å². The summed E-state index contributed by atoms with van der Waals surface area (Å²) in [5, 5.41) is 2.96. The Balaban J connectivity index is 1.77. The number of imidazole rings is 1. The monoisotopic (exact) mass is 322 g/mol. The normalized spacial score (nSPS) is 13.7. The van der Waals surface area contributed by atoms with Gasteiger partial charge in [0.25, 0.3) is 0 Å². The minimum absolute atomic E-state index is 0.210. The maximum atomic E-state index is 12.5. The highest BCUT2D eigenvalue weighted by atomic mass is 16.2. The van der Waals surface area contributed by atoms with E-state index >= 15 is 0 Å². The second-order valence-corrected chi connectivity index (χ2v) is 6.14. The Morgan fingerprint density at radius 1 is 1.17 bits per heavy atom. The standard InChI is InChI=1S/C19H22N4O/c1-12-8-10-14(11-9-12)17(20)19(24)21-13(2)18-22-15-6-4-5-7-16(15)23(18)3/h4-11,13,17H,20H2,1-3H3,(H,21,24). The third kappa shape index (κ3) is 3.03. The molecule has 24 heavy (non-hydrogen) atoms. The Kier molecular flexibility index (Phi) is 4.36. The van der Waals surface area contributed by atoms with Gasteiger partial charge in [-0.1, -0.05) is 42.0 Å². The van der Waals surface area contributed by atoms with Crippen molar-refractivity contribution < 1.29 is 4.79 Å². The zero-order valence-electron chi connectivity index (χ0n) is 14.2. The van der Waals surface area contributed by atoms with E-state index in [2.05, 4.69) is 10.3 Å². The van der Waals surface area contributed by atoms with Crippen LogP contribution in [0.25, 0.3) is 11.0 Å². The Labute approximate surface area is 141 Å². The molecule has 5 nitrogen and oxygen atoms in total. The number of aromatic nitrogens is 2. The van der Waals surface area contributed by atoms with Gasteiger partial charge in [0, 0.05) is 7.05 Å². The topological polar surface area (TPSA) is 72.9 Å². The number of hydrogen-bond acceptors (Lipinski definition) is 3. The largest absolute Gasteiger partial charge is 0.345 e. The van der Waals surface area contributed by atoms with Crippen molar-refractivity contribution in [1.29, 1.82) is 0 Å². The number of amides is 1. The van der Waals surface area contributed by atoms with E-state index in [1.807, 2.05) is 74.0 Å². The first-order chi connectivity index (χ1) is 11.5. The highest BCUT2D eigenvalue weighted by Gasteiger charge is 2.21. The van der Waals surface area contributed by atoms with Gasteiger partial charge in [0.2, 0.25) is 5.91 Å². The first kappa shape index (κ1) is 16.2. The number of nitrogens with zero attached hydrogens (tertiary/aromatic N) is 2. The first-order valence-corrected chi connectivity index (χ1v) is 8.01. The molecule has 0 aliphatic rings. The second-order valence-electron chi connectivity index (χ2n) is 6.14. The lowest BCUT2D eigenvalue weighted by Crippen LogP contribution is -2.36. The highest BCUT2D eigenvalue weighted by molar-refractivity contribution is 5.83. The van der Waals surface area contributed by atoms with Crippen molar-refractivity contribution in [1.82, 2.24) is 14.9 Å². The van der Waals surface area contributed by atoms with Crippen LogP contribution in [0.4, 0.5) is 0 Å². The summed E-state index contributed by atoms with van der Waals surface area (Å²) in [5.41, 5.74) is 9.98. The summed E-state index contributed by atoms with van der Waals surface area (Å²) in [5.74, 6) is 0.596. The Hall–Kier alpha value is -2.66. The number of benzene rings is 2. The van der Waals surface area contributed by atoms with Crippen molar-refractivity contribution in [3.63, 3.8) is 0 Å². The molecule has 1 aromatic heterocycles. The molecule has 3 rings (SSSR count). The van der Waals surface area contributed by atoms with Crippen molar-refractivity contribution in [3.8, 4) is 0 Å². The minimum Gasteiger partial charge on any atom is -0.345 e. The summed E-state index contributed by atoms with van der Waals surface area (Å²) in [7, 11) is 1.95. The minimum atomic E-state index is -0.692. The van der Waals surface area contributed by atoms with Crippen LogP contribution in [-0.4, -0.2) is 15.5 Å². The number of carbonyl (C=O) groups is 1. The van der Waals surface area contributed by atoms with Crippen LogP contribution in [-0.2, 0) is 11.8 Å². The molecule has 5 heteroatoms. The molecule has 124 valence electrons. The van der Waals surface area contributed by atoms with Gasteiger partial charge >= 0.3 is 0 Å². The lowest BCUT2D eigenvalue weighted by atomic mass is 10.1. The lowest BCUT2D eigenvalue weighted by Gasteiger charge is -2.18. The number of nitrogens with one attached hydrogen (secondary N) is 1. The smallest absolute Gasteiger partial charge is 0.242 e. The van der Waals surface area contributed by atoms with E-state index in [-0.39, 0.29) is 11.9 Å². The Morgan fingerprint density at radius 2 is 1.83 bits per heavy atom. The van der Waals surface area contributed by atoms with E-state index in [4.69, 9.17) is 5.73 Å². The molecule has 0 saturated carbocycles. The molecule has 1 amide bonds. The molecular formula is C19H22N4O. The second kappa shape index (κ2) is 6.45. The molecule has 0 radical (unpaired) electrons. The number of aryl methyl sites for hydroxylation is 2. The first-order valence-electron chi connectivity index (χ1n) is 8.01. The zero-order valence-corrected chi connectivity index (χ0v) is 14.2. The third-order valence-corrected chi connectivity index (χ3v) is 4.29. The molecule has 2 atom stereocenters. The predicted molar refractivity (Wildman–Crippen MR) is 95.4 cm³/mol. The van der Waals surface area contributed by atoms with Gasteiger partial charge in [-0.05, 0) is 31.5 Å². The molecule has 0 fully saturated rings. The SMILES string of the molecule is Cc1ccc(C(N)C(=O)NC(C)c2nc3ccccc3n2C)cc1. The van der Waals surface area contributed by atoms with Crippen LogP contribution in [0.15, 0.2) is 48.5 Å². The van der Waals surface area contributed by atoms with Crippen molar-refractivity contribution in [2.75, 3.05) is 0 Å². The summed E-state index contributed by atoms with van der Waals surface area (Å²) in [6, 6.07) is 14.7. The highest BCUT2D eigenvalue weighted by Crippen LogP contribution is 2.20. The van der Waals surface area contributed by atoms with E-state index in [0.29, 0.717) is 0 Å². The number of hydrogen-bond donors (Lipinski definition) is 2. The Bertz CT molecular complexity index is 867. The summed E-state index contributed by atoms with van der Waals surface area (Å²) in [6.45, 7) is 3.92. The van der Waals surface area contributed by atoms with Crippen molar-refractivity contribution >= 4 is 16.9 Å². The van der Waals surface area contributed by atoms with E-state index in [1.54, 1.807) is 0 Å². The third-order valence-electron chi connectivity index (χ3n) is 4.29. The van der Waals surface area contributed by atoms with Gasteiger partial charge in [0.1, 0.15) is 11.9 Å². The van der Waals surface area contributed by atoms with Gasteiger partial charge < -0.3 is 15.6 Å². The van der Waals surface area contributed by atoms with E-state index in [0.717, 1.165) is 28.0 Å². The molecule has 3 aromatic rings. The van der Waals surface area contributed by atoms with Gasteiger partial charge in [0.05, 0.1) is 17.1 Å². The molecule has 0 spiro atoms. The maximum Gasteiger partial charge on any atom is 0.242 e. The molecular weight excluding hydrogens is 300 g/mol. The molecule has 0 saturated heterocycles. The van der Waals surface area contributed by atoms with Gasteiger partial charge in [-0.3, -0.25) is 4.79 Å². The van der Waals surface area contributed by atoms with Crippen LogP contribution in [0, 0.1) is 6.92 Å². The zero-order chi connectivity index (χ0) is 17.3. The summed E-state index contributed by atoms with van der Waals surface area (Å²) in [6.07, 6.45) is 0. The van der Waals surface area contributed by atoms with E-state index in [9.17, 15) is 4.79 Å². The Morgan fingerprint density at radius 3 is 2.50 bits per heavy atom. The van der Waals surface area contributed by atoms with Crippen LogP contribution in [0.3, 0.4) is 0 Å². The fourth-order valence-electron chi connectivity index (χ4n) is 2.84. The van der Waals surface area contributed by atoms with Crippen LogP contribution in [0.2, 0.25) is 0 Å². The average molecular weight is 322 g/mol. The number of carbonyl (C=O) groups excluding carboxylic acids is 1. The van der Waals surface area contributed by atoms with Crippen molar-refractivity contribution in [3.05, 3.63) is 65.5 Å². The van der Waals surface area contributed by atoms with Gasteiger partial charge in [-0.2, -0.15) is 0 Å². The lowest BCUT2D eigenvalue weighted by molar-refractivity contribution is -0.123. The number of rotatable bonds is 4. The van der Waals surface area contributed by atoms with Gasteiger partial charge in [-0.15, -0.1) is 0 Å². The van der Waals surface area contributed by atoms with Gasteiger partial charge in [0.15, 0.2) is 0 Å². The van der Waals surface area contributed by atoms with E-state index < -0.39 is 6.04 Å². The molecule has 0 aliphatic carbocycles. The summed E-state index contributed by atoms with van der Waals surface area (Å²) in [4.78, 5) is 17.1. The number of fused-ring (bicyclic) bond motifs is 1. The van der Waals surface area contributed by atoms with Crippen LogP contribution in [0.5, 0.6) is 0 Å². The maximum absolute atomic E-state index is 12.5. The van der Waals surface area contributed by atoms with Crippen molar-refractivity contribution in [2.24, 2.45) is 12.8 Å². The molecule has 0 aliphatic heterocycles. The van der Waals surface area contributed by atoms with Crippen LogP contribution < -0.4 is 11.1 Å². The number of para-hydroxylation sites is 2. The molecule has 2 unspecified atom stereocenters. The quantitative estimate of drug-likeness (QED) is 0.776. The summed E-state index contributed by atoms with van der Waals surface area (Å²) >= 11 is 0. The van der Waals surface area contributed by atoms with Crippen LogP contribution in [0.1, 0.15) is 36.0 Å². The molecule has 0 bridgehead atoms. The molecule has 2 aromatic carbocycles. The number of nitrogens with two attached hydrogens (primary N) is 1. The van der Waals surface area contributed by atoms with Crippen LogP contribution >= 0.6 is 0 Å². The average Bonchev–Trinajstić information content (AvgIpc) is 2.92. The molecule has 1 heterocycles.